The molecular formula is C27H25N3O4. The molecule has 0 unspecified atom stereocenters. The molecule has 7 heteroatoms. The van der Waals surface area contributed by atoms with Gasteiger partial charge < -0.3 is 19.6 Å². The van der Waals surface area contributed by atoms with E-state index in [-0.39, 0.29) is 11.6 Å². The third-order valence-electron chi connectivity index (χ3n) is 5.30. The maximum absolute atomic E-state index is 12.4. The van der Waals surface area contributed by atoms with E-state index in [0.29, 0.717) is 29.4 Å². The average molecular weight is 456 g/mol. The number of anilines is 1. The zero-order chi connectivity index (χ0) is 23.9. The Morgan fingerprint density at radius 2 is 1.65 bits per heavy atom. The van der Waals surface area contributed by atoms with Crippen LogP contribution < -0.4 is 19.6 Å². The fourth-order valence-electron chi connectivity index (χ4n) is 3.48. The molecule has 1 amide bonds. The number of fused-ring (bicyclic) bond motifs is 1. The van der Waals surface area contributed by atoms with Crippen molar-refractivity contribution in [2.24, 2.45) is 5.16 Å². The lowest BCUT2D eigenvalue weighted by Gasteiger charge is -2.12. The molecule has 3 aromatic carbocycles. The number of aromatic nitrogens is 1. The van der Waals surface area contributed by atoms with Crippen molar-refractivity contribution >= 4 is 28.2 Å². The van der Waals surface area contributed by atoms with Crippen LogP contribution in [0.1, 0.15) is 18.1 Å². The second-order valence-electron chi connectivity index (χ2n) is 7.60. The first-order valence-electron chi connectivity index (χ1n) is 10.7. The fourth-order valence-corrected chi connectivity index (χ4v) is 3.48. The highest BCUT2D eigenvalue weighted by Gasteiger charge is 2.11. The summed E-state index contributed by atoms with van der Waals surface area (Å²) in [5, 5.41) is 7.74. The van der Waals surface area contributed by atoms with E-state index in [1.807, 2.05) is 60.7 Å². The maximum atomic E-state index is 12.4. The van der Waals surface area contributed by atoms with Gasteiger partial charge in [-0.25, -0.2) is 0 Å². The van der Waals surface area contributed by atoms with Gasteiger partial charge in [-0.2, -0.15) is 0 Å². The van der Waals surface area contributed by atoms with Crippen molar-refractivity contribution in [1.29, 1.82) is 0 Å². The topological polar surface area (TPSA) is 82.0 Å². The molecule has 0 radical (unpaired) electrons. The zero-order valence-electron chi connectivity index (χ0n) is 19.2. The molecule has 0 saturated heterocycles. The number of para-hydroxylation sites is 1. The number of carbonyl (C=O) groups excluding carboxylic acids is 1. The third-order valence-corrected chi connectivity index (χ3v) is 5.30. The van der Waals surface area contributed by atoms with Crippen LogP contribution in [0.15, 0.2) is 84.1 Å². The molecule has 0 aliphatic rings. The normalized spacial score (nSPS) is 11.2. The number of carbonyl (C=O) groups is 1. The highest BCUT2D eigenvalue weighted by atomic mass is 16.6. The maximum Gasteiger partial charge on any atom is 0.273 e. The van der Waals surface area contributed by atoms with Gasteiger partial charge in [-0.05, 0) is 60.9 Å². The Morgan fingerprint density at radius 1 is 0.941 bits per heavy atom. The van der Waals surface area contributed by atoms with Crippen LogP contribution in [-0.4, -0.2) is 30.8 Å². The summed E-state index contributed by atoms with van der Waals surface area (Å²) in [5.74, 6) is 1.55. The Balaban J connectivity index is 1.45. The van der Waals surface area contributed by atoms with E-state index in [4.69, 9.17) is 14.3 Å². The van der Waals surface area contributed by atoms with E-state index in [1.165, 1.54) is 0 Å². The van der Waals surface area contributed by atoms with Crippen molar-refractivity contribution in [2.75, 3.05) is 19.5 Å². The number of nitrogens with zero attached hydrogens (tertiary/aromatic N) is 2. The Hall–Kier alpha value is -4.39. The van der Waals surface area contributed by atoms with Gasteiger partial charge in [0.1, 0.15) is 5.71 Å². The molecule has 0 bridgehead atoms. The predicted octanol–water partition coefficient (Wildman–Crippen LogP) is 5.24. The number of pyridine rings is 1. The van der Waals surface area contributed by atoms with Crippen LogP contribution in [0.25, 0.3) is 10.9 Å². The summed E-state index contributed by atoms with van der Waals surface area (Å²) in [6, 6.07) is 22.6. The number of benzene rings is 3. The number of ether oxygens (including phenoxy) is 2. The lowest BCUT2D eigenvalue weighted by molar-refractivity contribution is -0.110. The van der Waals surface area contributed by atoms with Crippen molar-refractivity contribution in [1.82, 2.24) is 4.98 Å². The van der Waals surface area contributed by atoms with Crippen molar-refractivity contribution in [2.45, 2.75) is 13.3 Å². The van der Waals surface area contributed by atoms with Crippen LogP contribution in [0, 0.1) is 0 Å². The SMILES string of the molecule is COc1cc2nccc(Cc3ccc(NC(=O)/C(C)=N/Oc4ccccc4)cc3)c2cc1OC. The molecule has 0 aliphatic heterocycles. The Bertz CT molecular complexity index is 1320. The summed E-state index contributed by atoms with van der Waals surface area (Å²) in [6.07, 6.45) is 2.49. The van der Waals surface area contributed by atoms with E-state index in [1.54, 1.807) is 39.5 Å². The van der Waals surface area contributed by atoms with Crippen molar-refractivity contribution < 1.29 is 19.1 Å². The summed E-state index contributed by atoms with van der Waals surface area (Å²) in [5.41, 5.74) is 3.95. The minimum Gasteiger partial charge on any atom is -0.493 e. The van der Waals surface area contributed by atoms with Crippen LogP contribution in [0.3, 0.4) is 0 Å². The van der Waals surface area contributed by atoms with Crippen LogP contribution >= 0.6 is 0 Å². The molecule has 172 valence electrons. The number of nitrogens with one attached hydrogen (secondary N) is 1. The Labute approximate surface area is 198 Å². The molecule has 4 rings (SSSR count). The van der Waals surface area contributed by atoms with Gasteiger partial charge in [0, 0.05) is 23.3 Å². The van der Waals surface area contributed by atoms with Crippen LogP contribution in [0.4, 0.5) is 5.69 Å². The fraction of sp³-hybridized carbons (Fsp3) is 0.148. The minimum atomic E-state index is -0.329. The smallest absolute Gasteiger partial charge is 0.273 e. The lowest BCUT2D eigenvalue weighted by Crippen LogP contribution is -2.20. The molecule has 0 saturated carbocycles. The van der Waals surface area contributed by atoms with Gasteiger partial charge >= 0.3 is 0 Å². The monoisotopic (exact) mass is 455 g/mol. The summed E-state index contributed by atoms with van der Waals surface area (Å²) in [4.78, 5) is 22.2. The van der Waals surface area contributed by atoms with E-state index in [0.717, 1.165) is 22.0 Å². The largest absolute Gasteiger partial charge is 0.493 e. The van der Waals surface area contributed by atoms with Crippen molar-refractivity contribution in [3.05, 3.63) is 90.1 Å². The Kier molecular flexibility index (Phi) is 7.03. The van der Waals surface area contributed by atoms with Gasteiger partial charge in [-0.15, -0.1) is 0 Å². The first-order chi connectivity index (χ1) is 16.6. The second kappa shape index (κ2) is 10.5. The third kappa shape index (κ3) is 5.32. The van der Waals surface area contributed by atoms with Gasteiger partial charge in [-0.1, -0.05) is 35.5 Å². The molecule has 0 fully saturated rings. The molecule has 34 heavy (non-hydrogen) atoms. The summed E-state index contributed by atoms with van der Waals surface area (Å²) in [7, 11) is 3.23. The lowest BCUT2D eigenvalue weighted by atomic mass is 10.0. The number of oxime groups is 1. The molecule has 1 aromatic heterocycles. The van der Waals surface area contributed by atoms with E-state index in [2.05, 4.69) is 15.5 Å². The van der Waals surface area contributed by atoms with Gasteiger partial charge in [-0.3, -0.25) is 9.78 Å². The van der Waals surface area contributed by atoms with Crippen LogP contribution in [-0.2, 0) is 11.2 Å². The summed E-state index contributed by atoms with van der Waals surface area (Å²) >= 11 is 0. The molecule has 0 atom stereocenters. The summed E-state index contributed by atoms with van der Waals surface area (Å²) < 4.78 is 10.8. The minimum absolute atomic E-state index is 0.223. The highest BCUT2D eigenvalue weighted by Crippen LogP contribution is 2.33. The van der Waals surface area contributed by atoms with E-state index < -0.39 is 0 Å². The molecule has 0 aliphatic carbocycles. The number of methoxy groups -OCH3 is 2. The van der Waals surface area contributed by atoms with Crippen molar-refractivity contribution in [3.8, 4) is 17.2 Å². The quantitative estimate of drug-likeness (QED) is 0.290. The number of rotatable bonds is 8. The standard InChI is InChI=1S/C27H25N3O4/c1-18(30-34-22-7-5-4-6-8-22)27(31)29-21-11-9-19(10-12-21)15-20-13-14-28-24-17-26(33-3)25(32-2)16-23(20)24/h4-14,16-17H,15H2,1-3H3,(H,29,31)/b30-18+. The van der Waals surface area contributed by atoms with E-state index >= 15 is 0 Å². The second-order valence-corrected chi connectivity index (χ2v) is 7.60. The molecular weight excluding hydrogens is 430 g/mol. The zero-order valence-corrected chi connectivity index (χ0v) is 19.2. The summed E-state index contributed by atoms with van der Waals surface area (Å²) in [6.45, 7) is 1.60. The molecule has 1 heterocycles. The van der Waals surface area contributed by atoms with Gasteiger partial charge in [0.15, 0.2) is 17.2 Å². The average Bonchev–Trinajstić information content (AvgIpc) is 2.88. The number of hydrogen-bond donors (Lipinski definition) is 1. The first kappa shape index (κ1) is 22.8. The van der Waals surface area contributed by atoms with Gasteiger partial charge in [0.2, 0.25) is 0 Å². The van der Waals surface area contributed by atoms with E-state index in [9.17, 15) is 4.79 Å². The van der Waals surface area contributed by atoms with Crippen molar-refractivity contribution in [3.63, 3.8) is 0 Å². The Morgan fingerprint density at radius 3 is 2.35 bits per heavy atom. The molecule has 0 spiro atoms. The molecule has 1 N–H and O–H groups in total. The first-order valence-corrected chi connectivity index (χ1v) is 10.7. The number of amides is 1. The highest BCUT2D eigenvalue weighted by molar-refractivity contribution is 6.42. The van der Waals surface area contributed by atoms with Crippen LogP contribution in [0.5, 0.6) is 17.2 Å². The predicted molar refractivity (Wildman–Crippen MR) is 133 cm³/mol. The molecule has 7 nitrogen and oxygen atoms in total. The molecule has 4 aromatic rings. The van der Waals surface area contributed by atoms with Crippen LogP contribution in [0.2, 0.25) is 0 Å². The van der Waals surface area contributed by atoms with Gasteiger partial charge in [0.05, 0.1) is 19.7 Å². The van der Waals surface area contributed by atoms with Gasteiger partial charge in [0.25, 0.3) is 5.91 Å². The number of hydrogen-bond acceptors (Lipinski definition) is 6.